The highest BCUT2D eigenvalue weighted by Crippen LogP contribution is 2.43. The Kier molecular flexibility index (Phi) is 5.52. The highest BCUT2D eigenvalue weighted by molar-refractivity contribution is 7.96. The Hall–Kier alpha value is -1.27. The minimum atomic E-state index is 0.0243. The summed E-state index contributed by atoms with van der Waals surface area (Å²) in [6.45, 7) is 11.9. The van der Waals surface area contributed by atoms with Gasteiger partial charge in [-0.2, -0.15) is 0 Å². The maximum Gasteiger partial charge on any atom is 0.330 e. The molecule has 1 aliphatic carbocycles. The second-order valence-corrected chi connectivity index (χ2v) is 10.5. The number of nitrogens with one attached hydrogen (secondary N) is 1. The molecule has 2 aromatic heterocycles. The summed E-state index contributed by atoms with van der Waals surface area (Å²) in [4.78, 5) is 17.7. The lowest BCUT2D eigenvalue weighted by molar-refractivity contribution is 0.173. The van der Waals surface area contributed by atoms with E-state index in [-0.39, 0.29) is 11.1 Å². The van der Waals surface area contributed by atoms with Gasteiger partial charge in [0.1, 0.15) is 0 Å². The number of hydrogen-bond acceptors (Lipinski definition) is 4. The Labute approximate surface area is 167 Å². The normalized spacial score (nSPS) is 23.1. The maximum absolute atomic E-state index is 12.7. The number of rotatable bonds is 4. The Morgan fingerprint density at radius 2 is 2.04 bits per heavy atom. The van der Waals surface area contributed by atoms with Crippen molar-refractivity contribution in [2.45, 2.75) is 72.4 Å². The molecule has 27 heavy (non-hydrogen) atoms. The molecule has 3 rings (SSSR count). The Morgan fingerprint density at radius 1 is 1.33 bits per heavy atom. The predicted octanol–water partition coefficient (Wildman–Crippen LogP) is 4.31. The molecule has 150 valence electrons. The van der Waals surface area contributed by atoms with Crippen LogP contribution in [0, 0.1) is 10.8 Å². The first kappa shape index (κ1) is 20.5. The van der Waals surface area contributed by atoms with Gasteiger partial charge < -0.3 is 0 Å². The van der Waals surface area contributed by atoms with Crippen LogP contribution in [0.5, 0.6) is 0 Å². The molecule has 2 heterocycles. The first-order valence-corrected chi connectivity index (χ1v) is 11.1. The quantitative estimate of drug-likeness (QED) is 0.791. The summed E-state index contributed by atoms with van der Waals surface area (Å²) in [5, 5.41) is 0. The van der Waals surface area contributed by atoms with Crippen LogP contribution in [0.1, 0.15) is 65.5 Å². The van der Waals surface area contributed by atoms with E-state index in [9.17, 15) is 4.79 Å². The molecule has 1 fully saturated rings. The zero-order chi connectivity index (χ0) is 20.0. The fourth-order valence-electron chi connectivity index (χ4n) is 4.20. The first-order valence-electron chi connectivity index (χ1n) is 9.88. The monoisotopic (exact) mass is 390 g/mol. The lowest BCUT2D eigenvalue weighted by atomic mass is 9.69. The van der Waals surface area contributed by atoms with Crippen LogP contribution >= 0.6 is 11.9 Å². The number of pyridine rings is 1. The van der Waals surface area contributed by atoms with Gasteiger partial charge in [0.05, 0.1) is 5.52 Å². The second-order valence-electron chi connectivity index (χ2n) is 9.90. The number of aromatic nitrogens is 3. The molecule has 0 aliphatic heterocycles. The van der Waals surface area contributed by atoms with E-state index in [1.807, 2.05) is 11.6 Å². The third kappa shape index (κ3) is 4.11. The van der Waals surface area contributed by atoms with Crippen molar-refractivity contribution < 1.29 is 0 Å². The van der Waals surface area contributed by atoms with Crippen molar-refractivity contribution in [2.24, 2.45) is 17.9 Å². The van der Waals surface area contributed by atoms with Crippen molar-refractivity contribution in [3.63, 3.8) is 0 Å². The van der Waals surface area contributed by atoms with Crippen LogP contribution in [0.15, 0.2) is 16.9 Å². The van der Waals surface area contributed by atoms with Crippen LogP contribution in [0.4, 0.5) is 0 Å². The highest BCUT2D eigenvalue weighted by atomic mass is 32.2. The molecular weight excluding hydrogens is 356 g/mol. The van der Waals surface area contributed by atoms with Gasteiger partial charge in [-0.15, -0.1) is 0 Å². The van der Waals surface area contributed by atoms with E-state index < -0.39 is 0 Å². The van der Waals surface area contributed by atoms with Gasteiger partial charge in [0.2, 0.25) is 0 Å². The summed E-state index contributed by atoms with van der Waals surface area (Å²) in [5.41, 5.74) is 3.23. The van der Waals surface area contributed by atoms with Gasteiger partial charge in [-0.25, -0.2) is 9.78 Å². The van der Waals surface area contributed by atoms with Crippen molar-refractivity contribution in [3.8, 4) is 0 Å². The Balaban J connectivity index is 1.96. The van der Waals surface area contributed by atoms with Crippen LogP contribution < -0.4 is 10.4 Å². The van der Waals surface area contributed by atoms with Crippen molar-refractivity contribution >= 4 is 23.1 Å². The van der Waals surface area contributed by atoms with Crippen molar-refractivity contribution in [2.75, 3.05) is 6.26 Å². The predicted molar refractivity (Wildman–Crippen MR) is 115 cm³/mol. The molecule has 2 atom stereocenters. The molecule has 1 saturated carbocycles. The third-order valence-corrected chi connectivity index (χ3v) is 6.43. The molecule has 5 nitrogen and oxygen atoms in total. The lowest BCUT2D eigenvalue weighted by Crippen LogP contribution is -2.43. The van der Waals surface area contributed by atoms with Gasteiger partial charge in [0, 0.05) is 31.2 Å². The average molecular weight is 391 g/mol. The summed E-state index contributed by atoms with van der Waals surface area (Å²) in [6.07, 6.45) is 5.51. The minimum Gasteiger partial charge on any atom is -0.290 e. The van der Waals surface area contributed by atoms with Crippen LogP contribution in [0.25, 0.3) is 11.2 Å². The largest absolute Gasteiger partial charge is 0.330 e. The fourth-order valence-corrected chi connectivity index (χ4v) is 4.90. The summed E-state index contributed by atoms with van der Waals surface area (Å²) in [7, 11) is 1.84. The molecular formula is C21H34N4OS. The summed E-state index contributed by atoms with van der Waals surface area (Å²) in [5.74, 6) is 0.438. The van der Waals surface area contributed by atoms with Crippen molar-refractivity contribution in [3.05, 3.63) is 28.3 Å². The second kappa shape index (κ2) is 7.28. The number of nitrogens with zero attached hydrogens (tertiary/aromatic N) is 3. The lowest BCUT2D eigenvalue weighted by Gasteiger charge is -2.42. The van der Waals surface area contributed by atoms with E-state index in [4.69, 9.17) is 4.98 Å². The number of imidazole rings is 1. The fraction of sp³-hybridized carbons (Fsp3) is 0.714. The third-order valence-electron chi connectivity index (χ3n) is 5.91. The number of fused-ring (bicyclic) bond motifs is 1. The van der Waals surface area contributed by atoms with Gasteiger partial charge in [0.15, 0.2) is 5.65 Å². The SMILES string of the molecule is CSNC1CC(c2ccc3c(n2)n(C)c(=O)n3CC(C)(C)C)CCC1(C)C. The number of aryl methyl sites for hydroxylation is 1. The molecule has 0 radical (unpaired) electrons. The summed E-state index contributed by atoms with van der Waals surface area (Å²) in [6, 6.07) is 4.71. The van der Waals surface area contributed by atoms with E-state index in [1.165, 1.54) is 6.42 Å². The van der Waals surface area contributed by atoms with E-state index in [1.54, 1.807) is 16.5 Å². The molecule has 0 bridgehead atoms. The van der Waals surface area contributed by atoms with Gasteiger partial charge in [-0.05, 0) is 48.5 Å². The van der Waals surface area contributed by atoms with Crippen LogP contribution in [0.2, 0.25) is 0 Å². The molecule has 0 saturated heterocycles. The molecule has 2 aromatic rings. The van der Waals surface area contributed by atoms with Crippen LogP contribution in [0.3, 0.4) is 0 Å². The molecule has 0 spiro atoms. The Bertz CT molecular complexity index is 875. The molecule has 0 amide bonds. The molecule has 1 aliphatic rings. The van der Waals surface area contributed by atoms with Crippen LogP contribution in [-0.2, 0) is 13.6 Å². The van der Waals surface area contributed by atoms with Crippen molar-refractivity contribution in [1.29, 1.82) is 0 Å². The van der Waals surface area contributed by atoms with E-state index >= 15 is 0 Å². The van der Waals surface area contributed by atoms with E-state index in [0.29, 0.717) is 23.9 Å². The molecule has 0 aromatic carbocycles. The topological polar surface area (TPSA) is 51.9 Å². The van der Waals surface area contributed by atoms with E-state index in [0.717, 1.165) is 29.7 Å². The van der Waals surface area contributed by atoms with Gasteiger partial charge in [-0.3, -0.25) is 13.9 Å². The van der Waals surface area contributed by atoms with Gasteiger partial charge in [-0.1, -0.05) is 46.6 Å². The van der Waals surface area contributed by atoms with E-state index in [2.05, 4.69) is 57.7 Å². The van der Waals surface area contributed by atoms with Gasteiger partial charge in [0.25, 0.3) is 0 Å². The molecule has 1 N–H and O–H groups in total. The summed E-state index contributed by atoms with van der Waals surface area (Å²) >= 11 is 1.70. The molecule has 6 heteroatoms. The zero-order valence-corrected chi connectivity index (χ0v) is 18.6. The Morgan fingerprint density at radius 3 is 2.67 bits per heavy atom. The standard InChI is InChI=1S/C21H34N4OS/c1-20(2,3)13-25-16-9-8-15(22-18(16)24(6)19(25)26)14-10-11-21(4,5)17(12-14)23-27-7/h8-9,14,17,23H,10-13H2,1-7H3. The zero-order valence-electron chi connectivity index (χ0n) is 17.8. The highest BCUT2D eigenvalue weighted by Gasteiger charge is 2.37. The van der Waals surface area contributed by atoms with Crippen molar-refractivity contribution in [1.82, 2.24) is 18.8 Å². The maximum atomic E-state index is 12.7. The molecule has 2 unspecified atom stereocenters. The summed E-state index contributed by atoms with van der Waals surface area (Å²) < 4.78 is 7.16. The number of hydrogen-bond donors (Lipinski definition) is 1. The average Bonchev–Trinajstić information content (AvgIpc) is 2.80. The van der Waals surface area contributed by atoms with Crippen LogP contribution in [-0.4, -0.2) is 26.4 Å². The smallest absolute Gasteiger partial charge is 0.290 e. The first-order chi connectivity index (χ1) is 12.5. The minimum absolute atomic E-state index is 0.0243. The van der Waals surface area contributed by atoms with Gasteiger partial charge >= 0.3 is 5.69 Å².